The zero-order chi connectivity index (χ0) is 22.0. The third kappa shape index (κ3) is 4.16. The molecule has 1 aromatic heterocycles. The van der Waals surface area contributed by atoms with Gasteiger partial charge >= 0.3 is 0 Å². The summed E-state index contributed by atoms with van der Waals surface area (Å²) in [5.74, 6) is 2.33. The molecular formula is C22H22ClN3O5. The average molecular weight is 444 g/mol. The number of benzene rings is 2. The molecule has 1 amide bonds. The lowest BCUT2D eigenvalue weighted by Gasteiger charge is -2.19. The van der Waals surface area contributed by atoms with Crippen molar-refractivity contribution in [3.8, 4) is 28.6 Å². The predicted octanol–water partition coefficient (Wildman–Crippen LogP) is 4.33. The van der Waals surface area contributed by atoms with Crippen LogP contribution >= 0.6 is 11.6 Å². The van der Waals surface area contributed by atoms with Gasteiger partial charge in [0.15, 0.2) is 11.5 Å². The van der Waals surface area contributed by atoms with Crippen LogP contribution in [0.25, 0.3) is 11.4 Å². The number of methoxy groups -OCH3 is 2. The number of halogens is 1. The molecule has 0 aliphatic carbocycles. The van der Waals surface area contributed by atoms with Gasteiger partial charge in [-0.15, -0.1) is 0 Å². The van der Waals surface area contributed by atoms with E-state index < -0.39 is 0 Å². The van der Waals surface area contributed by atoms with Crippen molar-refractivity contribution < 1.29 is 23.5 Å². The number of ether oxygens (including phenoxy) is 3. The zero-order valence-corrected chi connectivity index (χ0v) is 18.2. The molecule has 0 N–H and O–H groups in total. The highest BCUT2D eigenvalue weighted by Gasteiger charge is 2.36. The molecule has 0 spiro atoms. The van der Waals surface area contributed by atoms with Crippen LogP contribution in [0.4, 0.5) is 5.69 Å². The lowest BCUT2D eigenvalue weighted by Crippen LogP contribution is -2.24. The molecule has 2 heterocycles. The van der Waals surface area contributed by atoms with Gasteiger partial charge in [-0.2, -0.15) is 4.98 Å². The second kappa shape index (κ2) is 8.85. The summed E-state index contributed by atoms with van der Waals surface area (Å²) in [6, 6.07) is 10.6. The predicted molar refractivity (Wildman–Crippen MR) is 115 cm³/mol. The van der Waals surface area contributed by atoms with Gasteiger partial charge in [-0.3, -0.25) is 4.79 Å². The molecule has 0 radical (unpaired) electrons. The summed E-state index contributed by atoms with van der Waals surface area (Å²) < 4.78 is 21.8. The number of carbonyl (C=O) groups excluding carboxylic acids is 1. The Labute approximate surface area is 184 Å². The summed E-state index contributed by atoms with van der Waals surface area (Å²) in [6.07, 6.45) is 0.254. The van der Waals surface area contributed by atoms with E-state index in [1.54, 1.807) is 49.5 Å². The van der Waals surface area contributed by atoms with Gasteiger partial charge in [-0.25, -0.2) is 0 Å². The summed E-state index contributed by atoms with van der Waals surface area (Å²) >= 11 is 6.13. The number of hydrogen-bond acceptors (Lipinski definition) is 7. The highest BCUT2D eigenvalue weighted by atomic mass is 35.5. The maximum absolute atomic E-state index is 12.7. The lowest BCUT2D eigenvalue weighted by molar-refractivity contribution is -0.117. The smallest absolute Gasteiger partial charge is 0.232 e. The number of hydrogen-bond donors (Lipinski definition) is 0. The molecule has 1 aliphatic rings. The molecule has 8 nitrogen and oxygen atoms in total. The zero-order valence-electron chi connectivity index (χ0n) is 17.4. The number of rotatable bonds is 7. The van der Waals surface area contributed by atoms with E-state index in [1.807, 2.05) is 13.0 Å². The molecule has 1 atom stereocenters. The third-order valence-corrected chi connectivity index (χ3v) is 5.30. The van der Waals surface area contributed by atoms with E-state index in [2.05, 4.69) is 10.1 Å². The fourth-order valence-electron chi connectivity index (χ4n) is 3.58. The second-order valence-corrected chi connectivity index (χ2v) is 7.41. The van der Waals surface area contributed by atoms with Gasteiger partial charge in [0.1, 0.15) is 5.75 Å². The summed E-state index contributed by atoms with van der Waals surface area (Å²) in [5, 5.41) is 4.62. The number of anilines is 1. The van der Waals surface area contributed by atoms with E-state index in [0.29, 0.717) is 52.8 Å². The van der Waals surface area contributed by atoms with Gasteiger partial charge in [0.2, 0.25) is 17.6 Å². The van der Waals surface area contributed by atoms with Gasteiger partial charge in [-0.1, -0.05) is 16.8 Å². The van der Waals surface area contributed by atoms with Gasteiger partial charge in [0.25, 0.3) is 0 Å². The normalized spacial score (nSPS) is 15.9. The van der Waals surface area contributed by atoms with Crippen molar-refractivity contribution in [1.82, 2.24) is 10.1 Å². The molecule has 3 aromatic rings. The number of aromatic nitrogens is 2. The standard InChI is InChI=1S/C22H22ClN3O5/c1-4-30-18-7-5-13(9-19(18)29-3)21-24-22(31-25-21)14-10-20(27)26(12-14)16-11-15(23)6-8-17(16)28-2/h5-9,11,14H,4,10,12H2,1-3H3. The van der Waals surface area contributed by atoms with E-state index >= 15 is 0 Å². The van der Waals surface area contributed by atoms with Gasteiger partial charge < -0.3 is 23.6 Å². The molecule has 2 aromatic carbocycles. The number of amides is 1. The van der Waals surface area contributed by atoms with Crippen LogP contribution in [-0.2, 0) is 4.79 Å². The van der Waals surface area contributed by atoms with Crippen molar-refractivity contribution in [3.05, 3.63) is 47.3 Å². The van der Waals surface area contributed by atoms with Gasteiger partial charge in [0, 0.05) is 23.6 Å². The minimum atomic E-state index is -0.234. The van der Waals surface area contributed by atoms with Crippen molar-refractivity contribution in [1.29, 1.82) is 0 Å². The van der Waals surface area contributed by atoms with E-state index in [4.69, 9.17) is 30.3 Å². The fraction of sp³-hybridized carbons (Fsp3) is 0.318. The Morgan fingerprint density at radius 1 is 1.13 bits per heavy atom. The molecule has 9 heteroatoms. The molecule has 0 bridgehead atoms. The van der Waals surface area contributed by atoms with Gasteiger partial charge in [-0.05, 0) is 43.3 Å². The Kier molecular flexibility index (Phi) is 5.99. The molecule has 1 unspecified atom stereocenters. The van der Waals surface area contributed by atoms with Crippen LogP contribution in [0.3, 0.4) is 0 Å². The maximum Gasteiger partial charge on any atom is 0.232 e. The van der Waals surface area contributed by atoms with E-state index in [1.165, 1.54) is 0 Å². The highest BCUT2D eigenvalue weighted by molar-refractivity contribution is 6.31. The van der Waals surface area contributed by atoms with E-state index in [0.717, 1.165) is 5.56 Å². The summed E-state index contributed by atoms with van der Waals surface area (Å²) in [6.45, 7) is 2.83. The van der Waals surface area contributed by atoms with Crippen LogP contribution in [0.2, 0.25) is 5.02 Å². The van der Waals surface area contributed by atoms with Crippen LogP contribution in [-0.4, -0.2) is 43.4 Å². The van der Waals surface area contributed by atoms with E-state index in [-0.39, 0.29) is 18.2 Å². The lowest BCUT2D eigenvalue weighted by atomic mass is 10.1. The monoisotopic (exact) mass is 443 g/mol. The quantitative estimate of drug-likeness (QED) is 0.537. The van der Waals surface area contributed by atoms with Crippen LogP contribution in [0.15, 0.2) is 40.9 Å². The summed E-state index contributed by atoms with van der Waals surface area (Å²) in [5.41, 5.74) is 1.35. The Morgan fingerprint density at radius 3 is 2.65 bits per heavy atom. The minimum Gasteiger partial charge on any atom is -0.495 e. The first kappa shape index (κ1) is 21.0. The molecule has 31 heavy (non-hydrogen) atoms. The summed E-state index contributed by atoms with van der Waals surface area (Å²) in [4.78, 5) is 18.9. The highest BCUT2D eigenvalue weighted by Crippen LogP contribution is 2.38. The second-order valence-electron chi connectivity index (χ2n) is 6.98. The SMILES string of the molecule is CCOc1ccc(-c2noc(C3CC(=O)N(c4cc(Cl)ccc4OC)C3)n2)cc1OC. The molecule has 1 fully saturated rings. The Bertz CT molecular complexity index is 1100. The molecule has 4 rings (SSSR count). The first-order valence-electron chi connectivity index (χ1n) is 9.82. The largest absolute Gasteiger partial charge is 0.495 e. The topological polar surface area (TPSA) is 86.9 Å². The minimum absolute atomic E-state index is 0.0620. The maximum atomic E-state index is 12.7. The van der Waals surface area contributed by atoms with Crippen LogP contribution in [0, 0.1) is 0 Å². The summed E-state index contributed by atoms with van der Waals surface area (Å²) in [7, 11) is 3.13. The van der Waals surface area contributed by atoms with Crippen molar-refractivity contribution in [3.63, 3.8) is 0 Å². The van der Waals surface area contributed by atoms with Crippen LogP contribution < -0.4 is 19.1 Å². The number of nitrogens with zero attached hydrogens (tertiary/aromatic N) is 3. The van der Waals surface area contributed by atoms with Crippen molar-refractivity contribution in [2.24, 2.45) is 0 Å². The first-order valence-corrected chi connectivity index (χ1v) is 10.2. The van der Waals surface area contributed by atoms with E-state index in [9.17, 15) is 4.79 Å². The Hall–Kier alpha value is -3.26. The molecule has 162 valence electrons. The first-order chi connectivity index (χ1) is 15.0. The van der Waals surface area contributed by atoms with Crippen molar-refractivity contribution in [2.45, 2.75) is 19.3 Å². The molecular weight excluding hydrogens is 422 g/mol. The molecule has 0 saturated carbocycles. The molecule has 1 aliphatic heterocycles. The molecule has 1 saturated heterocycles. The number of carbonyl (C=O) groups is 1. The third-order valence-electron chi connectivity index (χ3n) is 5.07. The van der Waals surface area contributed by atoms with Crippen molar-refractivity contribution >= 4 is 23.2 Å². The van der Waals surface area contributed by atoms with Crippen molar-refractivity contribution in [2.75, 3.05) is 32.3 Å². The van der Waals surface area contributed by atoms with Crippen LogP contribution in [0.5, 0.6) is 17.2 Å². The van der Waals surface area contributed by atoms with Crippen LogP contribution in [0.1, 0.15) is 25.2 Å². The average Bonchev–Trinajstić information content (AvgIpc) is 3.41. The Balaban J connectivity index is 1.57. The Morgan fingerprint density at radius 2 is 1.90 bits per heavy atom. The fourth-order valence-corrected chi connectivity index (χ4v) is 3.75. The van der Waals surface area contributed by atoms with Gasteiger partial charge in [0.05, 0.1) is 32.4 Å².